The van der Waals surface area contributed by atoms with E-state index in [9.17, 15) is 5.11 Å². The van der Waals surface area contributed by atoms with E-state index >= 15 is 0 Å². The van der Waals surface area contributed by atoms with Crippen molar-refractivity contribution in [3.63, 3.8) is 0 Å². The quantitative estimate of drug-likeness (QED) is 0.289. The topological polar surface area (TPSA) is 79.2 Å². The first-order valence-corrected chi connectivity index (χ1v) is 11.0. The molecule has 0 spiro atoms. The summed E-state index contributed by atoms with van der Waals surface area (Å²) in [5, 5.41) is 29.3. The fraction of sp³-hybridized carbons (Fsp3) is 1.00. The normalized spacial score (nSPS) is 32.8. The molecule has 0 aromatic heterocycles. The molecule has 2 fully saturated rings. The molecule has 0 bridgehead atoms. The van der Waals surface area contributed by atoms with Gasteiger partial charge in [-0.25, -0.2) is 0 Å². The van der Waals surface area contributed by atoms with Crippen LogP contribution < -0.4 is 0 Å². The Morgan fingerprint density at radius 1 is 0.920 bits per heavy atom. The van der Waals surface area contributed by atoms with Gasteiger partial charge in [-0.05, 0) is 63.2 Å². The van der Waals surface area contributed by atoms with Crippen LogP contribution in [0.4, 0.5) is 0 Å². The molecule has 6 heteroatoms. The number of methoxy groups -OCH3 is 2. The van der Waals surface area contributed by atoms with Gasteiger partial charge in [-0.2, -0.15) is 0 Å². The van der Waals surface area contributed by atoms with E-state index in [1.807, 2.05) is 0 Å². The van der Waals surface area contributed by atoms with Crippen molar-refractivity contribution in [2.24, 2.45) is 17.8 Å². The number of ether oxygens (including phenoxy) is 2. The molecule has 0 aromatic rings. The molecule has 2 rings (SSSR count). The van der Waals surface area contributed by atoms with Crippen molar-refractivity contribution in [3.05, 3.63) is 0 Å². The molecule has 1 atom stereocenters. The zero-order valence-electron chi connectivity index (χ0n) is 15.6. The lowest BCUT2D eigenvalue weighted by Gasteiger charge is -2.47. The average Bonchev–Trinajstić information content (AvgIpc) is 2.63. The molecule has 0 aromatic carbocycles. The van der Waals surface area contributed by atoms with Crippen LogP contribution in [-0.2, 0) is 9.47 Å². The SMILES string of the molecule is COC(OC)(C1CCC(I)CC1)C(O)C1CCC(CCC(O)O)CC1. The monoisotopic (exact) mass is 470 g/mol. The molecule has 0 aliphatic heterocycles. The minimum absolute atomic E-state index is 0.188. The Kier molecular flexibility index (Phi) is 8.89. The highest BCUT2D eigenvalue weighted by Gasteiger charge is 2.50. The first-order valence-electron chi connectivity index (χ1n) is 9.71. The van der Waals surface area contributed by atoms with Crippen LogP contribution in [-0.4, -0.2) is 51.6 Å². The molecule has 2 aliphatic rings. The number of alkyl halides is 1. The van der Waals surface area contributed by atoms with Crippen LogP contribution in [0.15, 0.2) is 0 Å². The van der Waals surface area contributed by atoms with E-state index in [0.717, 1.165) is 61.7 Å². The molecular formula is C19H35IO5. The molecular weight excluding hydrogens is 435 g/mol. The Morgan fingerprint density at radius 3 is 1.96 bits per heavy atom. The molecule has 148 valence electrons. The van der Waals surface area contributed by atoms with Crippen molar-refractivity contribution in [2.45, 2.75) is 86.3 Å². The maximum atomic E-state index is 11.2. The molecule has 0 radical (unpaired) electrons. The molecule has 3 N–H and O–H groups in total. The third-order valence-electron chi connectivity index (χ3n) is 6.45. The summed E-state index contributed by atoms with van der Waals surface area (Å²) in [4.78, 5) is 0. The van der Waals surface area contributed by atoms with Gasteiger partial charge >= 0.3 is 0 Å². The summed E-state index contributed by atoms with van der Waals surface area (Å²) in [6.45, 7) is 0. The zero-order valence-corrected chi connectivity index (χ0v) is 17.7. The fourth-order valence-corrected chi connectivity index (χ4v) is 5.58. The lowest BCUT2D eigenvalue weighted by Crippen LogP contribution is -2.56. The maximum Gasteiger partial charge on any atom is 0.197 e. The molecule has 2 aliphatic carbocycles. The van der Waals surface area contributed by atoms with Gasteiger partial charge in [0.25, 0.3) is 0 Å². The Bertz CT molecular complexity index is 372. The summed E-state index contributed by atoms with van der Waals surface area (Å²) in [6, 6.07) is 0. The van der Waals surface area contributed by atoms with Gasteiger partial charge in [0.15, 0.2) is 12.1 Å². The molecule has 1 unspecified atom stereocenters. The van der Waals surface area contributed by atoms with Crippen molar-refractivity contribution in [1.82, 2.24) is 0 Å². The van der Waals surface area contributed by atoms with Gasteiger partial charge in [0.05, 0.1) is 0 Å². The number of hydrogen-bond donors (Lipinski definition) is 3. The van der Waals surface area contributed by atoms with Crippen molar-refractivity contribution in [2.75, 3.05) is 14.2 Å². The largest absolute Gasteiger partial charge is 0.387 e. The third-order valence-corrected chi connectivity index (χ3v) is 7.69. The smallest absolute Gasteiger partial charge is 0.197 e. The first-order chi connectivity index (χ1) is 11.9. The van der Waals surface area contributed by atoms with E-state index in [0.29, 0.717) is 12.3 Å². The van der Waals surface area contributed by atoms with Gasteiger partial charge in [-0.3, -0.25) is 0 Å². The van der Waals surface area contributed by atoms with Gasteiger partial charge in [-0.1, -0.05) is 35.4 Å². The lowest BCUT2D eigenvalue weighted by molar-refractivity contribution is -0.303. The minimum Gasteiger partial charge on any atom is -0.387 e. The summed E-state index contributed by atoms with van der Waals surface area (Å²) in [5.41, 5.74) is 0. The standard InChI is InChI=1S/C19H35IO5/c1-24-19(25-2,15-8-10-16(20)11-9-15)18(23)14-6-3-13(4-7-14)5-12-17(21)22/h13-18,21-23H,3-12H2,1-2H3. The van der Waals surface area contributed by atoms with Gasteiger partial charge < -0.3 is 24.8 Å². The van der Waals surface area contributed by atoms with Crippen molar-refractivity contribution in [1.29, 1.82) is 0 Å². The van der Waals surface area contributed by atoms with Gasteiger partial charge in [-0.15, -0.1) is 0 Å². The second-order valence-corrected chi connectivity index (χ2v) is 9.62. The number of aliphatic hydroxyl groups is 3. The van der Waals surface area contributed by atoms with Crippen molar-refractivity contribution in [3.8, 4) is 0 Å². The Labute approximate surface area is 165 Å². The van der Waals surface area contributed by atoms with Crippen LogP contribution in [0.2, 0.25) is 0 Å². The maximum absolute atomic E-state index is 11.2. The third kappa shape index (κ3) is 5.51. The minimum atomic E-state index is -1.20. The summed E-state index contributed by atoms with van der Waals surface area (Å²) in [7, 11) is 3.33. The van der Waals surface area contributed by atoms with Crippen molar-refractivity contribution >= 4 is 22.6 Å². The van der Waals surface area contributed by atoms with E-state index in [4.69, 9.17) is 19.7 Å². The number of halogens is 1. The van der Waals surface area contributed by atoms with E-state index in [1.165, 1.54) is 0 Å². The summed E-state index contributed by atoms with van der Waals surface area (Å²) in [6.07, 6.45) is 7.81. The molecule has 0 amide bonds. The number of aliphatic hydroxyl groups excluding tert-OH is 2. The Hall–Kier alpha value is 0.530. The Balaban J connectivity index is 1.95. The zero-order chi connectivity index (χ0) is 18.4. The van der Waals surface area contributed by atoms with Gasteiger partial charge in [0.1, 0.15) is 6.10 Å². The second kappa shape index (κ2) is 10.2. The molecule has 2 saturated carbocycles. The molecule has 0 saturated heterocycles. The van der Waals surface area contributed by atoms with E-state index < -0.39 is 18.2 Å². The second-order valence-electron chi connectivity index (χ2n) is 7.86. The fourth-order valence-electron chi connectivity index (χ4n) is 4.86. The van der Waals surface area contributed by atoms with E-state index in [-0.39, 0.29) is 11.8 Å². The highest BCUT2D eigenvalue weighted by Crippen LogP contribution is 2.44. The summed E-state index contributed by atoms with van der Waals surface area (Å²) in [5.74, 6) is 0.0627. The van der Waals surface area contributed by atoms with E-state index in [2.05, 4.69) is 22.6 Å². The molecule has 25 heavy (non-hydrogen) atoms. The number of rotatable bonds is 8. The predicted octanol–water partition coefficient (Wildman–Crippen LogP) is 3.23. The average molecular weight is 470 g/mol. The van der Waals surface area contributed by atoms with Crippen LogP contribution >= 0.6 is 22.6 Å². The lowest BCUT2D eigenvalue weighted by atomic mass is 9.72. The van der Waals surface area contributed by atoms with Gasteiger partial charge in [0, 0.05) is 24.1 Å². The van der Waals surface area contributed by atoms with Crippen LogP contribution in [0.25, 0.3) is 0 Å². The number of hydrogen-bond acceptors (Lipinski definition) is 5. The Morgan fingerprint density at radius 2 is 1.48 bits per heavy atom. The van der Waals surface area contributed by atoms with Crippen LogP contribution in [0, 0.1) is 17.8 Å². The summed E-state index contributed by atoms with van der Waals surface area (Å²) < 4.78 is 12.4. The van der Waals surface area contributed by atoms with Crippen LogP contribution in [0.5, 0.6) is 0 Å². The molecule has 0 heterocycles. The highest BCUT2D eigenvalue weighted by atomic mass is 127. The van der Waals surface area contributed by atoms with Gasteiger partial charge in [0.2, 0.25) is 0 Å². The van der Waals surface area contributed by atoms with Crippen LogP contribution in [0.3, 0.4) is 0 Å². The van der Waals surface area contributed by atoms with Crippen molar-refractivity contribution < 1.29 is 24.8 Å². The predicted molar refractivity (Wildman–Crippen MR) is 105 cm³/mol. The first kappa shape index (κ1) is 21.8. The summed E-state index contributed by atoms with van der Waals surface area (Å²) >= 11 is 2.51. The molecule has 5 nitrogen and oxygen atoms in total. The van der Waals surface area contributed by atoms with E-state index in [1.54, 1.807) is 14.2 Å². The van der Waals surface area contributed by atoms with Crippen LogP contribution in [0.1, 0.15) is 64.2 Å². The highest BCUT2D eigenvalue weighted by molar-refractivity contribution is 14.1.